The van der Waals surface area contributed by atoms with Crippen molar-refractivity contribution in [3.8, 4) is 5.69 Å². The van der Waals surface area contributed by atoms with Crippen molar-refractivity contribution in [2.24, 2.45) is 13.0 Å². The molecule has 1 N–H and O–H groups in total. The third-order valence-electron chi connectivity index (χ3n) is 6.67. The quantitative estimate of drug-likeness (QED) is 0.443. The highest BCUT2D eigenvalue weighted by molar-refractivity contribution is 7.92. The van der Waals surface area contributed by atoms with E-state index in [9.17, 15) is 22.8 Å². The molecule has 0 radical (unpaired) electrons. The number of rotatable bonds is 7. The maximum absolute atomic E-state index is 13.2. The van der Waals surface area contributed by atoms with E-state index in [1.165, 1.54) is 15.4 Å². The van der Waals surface area contributed by atoms with E-state index in [0.29, 0.717) is 30.4 Å². The van der Waals surface area contributed by atoms with Crippen molar-refractivity contribution < 1.29 is 22.7 Å². The molecule has 1 aliphatic heterocycles. The Morgan fingerprint density at radius 2 is 1.76 bits per heavy atom. The number of halogens is 1. The largest absolute Gasteiger partial charge is 0.452 e. The van der Waals surface area contributed by atoms with Gasteiger partial charge in [0.05, 0.1) is 21.8 Å². The summed E-state index contributed by atoms with van der Waals surface area (Å²) in [7, 11) is -2.68. The molecule has 1 amide bonds. The predicted molar refractivity (Wildman–Crippen MR) is 143 cm³/mol. The number of piperidine rings is 1. The Balaban J connectivity index is 1.54. The van der Waals surface area contributed by atoms with E-state index in [-0.39, 0.29) is 27.1 Å². The molecule has 0 saturated carbocycles. The Morgan fingerprint density at radius 1 is 1.11 bits per heavy atom. The van der Waals surface area contributed by atoms with Crippen LogP contribution in [0.2, 0.25) is 5.02 Å². The summed E-state index contributed by atoms with van der Waals surface area (Å²) in [5.41, 5.74) is 0.114. The van der Waals surface area contributed by atoms with Gasteiger partial charge in [-0.15, -0.1) is 0 Å². The van der Waals surface area contributed by atoms with Crippen LogP contribution in [-0.4, -0.2) is 54.3 Å². The van der Waals surface area contributed by atoms with Crippen LogP contribution in [0, 0.1) is 12.8 Å². The fraction of sp³-hybridized carbons (Fsp3) is 0.346. The Morgan fingerprint density at radius 3 is 2.42 bits per heavy atom. The van der Waals surface area contributed by atoms with Gasteiger partial charge >= 0.3 is 5.97 Å². The minimum atomic E-state index is -4.32. The number of sulfonamides is 1. The number of nitrogens with zero attached hydrogens (tertiary/aromatic N) is 3. The second-order valence-electron chi connectivity index (χ2n) is 9.36. The van der Waals surface area contributed by atoms with Gasteiger partial charge in [0.15, 0.2) is 6.61 Å². The lowest BCUT2D eigenvalue weighted by molar-refractivity contribution is -0.135. The van der Waals surface area contributed by atoms with Gasteiger partial charge in [-0.25, -0.2) is 17.9 Å². The molecule has 38 heavy (non-hydrogen) atoms. The molecular weight excluding hydrogens is 532 g/mol. The summed E-state index contributed by atoms with van der Waals surface area (Å²) in [6.07, 6.45) is 1.78. The molecule has 0 spiro atoms. The highest BCUT2D eigenvalue weighted by atomic mass is 35.5. The highest BCUT2D eigenvalue weighted by Crippen LogP contribution is 2.24. The van der Waals surface area contributed by atoms with E-state index in [2.05, 4.69) is 11.6 Å². The first-order valence-electron chi connectivity index (χ1n) is 12.1. The number of hydrogen-bond acceptors (Lipinski definition) is 6. The van der Waals surface area contributed by atoms with Crippen LogP contribution in [0.1, 0.15) is 35.8 Å². The Bertz CT molecular complexity index is 1520. The summed E-state index contributed by atoms with van der Waals surface area (Å²) in [6.45, 7) is 4.49. The fourth-order valence-corrected chi connectivity index (χ4v) is 5.76. The summed E-state index contributed by atoms with van der Waals surface area (Å²) in [5, 5.41) is -0.0253. The number of esters is 1. The zero-order valence-corrected chi connectivity index (χ0v) is 22.9. The van der Waals surface area contributed by atoms with Crippen molar-refractivity contribution in [3.05, 3.63) is 75.2 Å². The molecule has 1 aromatic heterocycles. The lowest BCUT2D eigenvalue weighted by Gasteiger charge is -2.30. The lowest BCUT2D eigenvalue weighted by Crippen LogP contribution is -2.40. The van der Waals surface area contributed by atoms with E-state index in [1.54, 1.807) is 49.2 Å². The minimum Gasteiger partial charge on any atom is -0.452 e. The summed E-state index contributed by atoms with van der Waals surface area (Å²) in [5.74, 6) is -0.649. The van der Waals surface area contributed by atoms with Crippen molar-refractivity contribution >= 4 is 39.2 Å². The molecule has 202 valence electrons. The van der Waals surface area contributed by atoms with Crippen molar-refractivity contribution in [2.75, 3.05) is 24.4 Å². The first-order chi connectivity index (χ1) is 18.0. The van der Waals surface area contributed by atoms with E-state index in [4.69, 9.17) is 16.3 Å². The number of aromatic nitrogens is 2. The minimum absolute atomic E-state index is 0.0253. The SMILES string of the molecule is Cc1c(NS(=O)(=O)c2cc(Cl)cc(C(=O)OCC(=O)N3CCC(C)CC3)c2)c(=O)n(-c2ccccc2)n1C. The second-order valence-corrected chi connectivity index (χ2v) is 11.5. The average Bonchev–Trinajstić information content (AvgIpc) is 3.10. The van der Waals surface area contributed by atoms with Crippen molar-refractivity contribution in [1.82, 2.24) is 14.3 Å². The highest BCUT2D eigenvalue weighted by Gasteiger charge is 2.25. The third kappa shape index (κ3) is 5.78. The molecule has 1 saturated heterocycles. The van der Waals surface area contributed by atoms with E-state index < -0.39 is 28.2 Å². The molecule has 12 heteroatoms. The molecule has 0 atom stereocenters. The van der Waals surface area contributed by atoms with Gasteiger partial charge < -0.3 is 9.64 Å². The molecule has 1 fully saturated rings. The second kappa shape index (κ2) is 11.0. The van der Waals surface area contributed by atoms with Gasteiger partial charge in [0.25, 0.3) is 21.5 Å². The van der Waals surface area contributed by atoms with Gasteiger partial charge in [-0.3, -0.25) is 19.0 Å². The first-order valence-corrected chi connectivity index (χ1v) is 14.0. The molecule has 2 aromatic carbocycles. The number of carbonyl (C=O) groups excluding carboxylic acids is 2. The van der Waals surface area contributed by atoms with Gasteiger partial charge in [-0.2, -0.15) is 0 Å². The molecule has 1 aliphatic rings. The van der Waals surface area contributed by atoms with Crippen molar-refractivity contribution in [1.29, 1.82) is 0 Å². The first kappa shape index (κ1) is 27.5. The summed E-state index contributed by atoms with van der Waals surface area (Å²) in [6, 6.07) is 12.3. The van der Waals surface area contributed by atoms with Gasteiger partial charge in [-0.1, -0.05) is 36.7 Å². The predicted octanol–water partition coefficient (Wildman–Crippen LogP) is 3.35. The number of anilines is 1. The van der Waals surface area contributed by atoms with E-state index in [0.717, 1.165) is 25.0 Å². The van der Waals surface area contributed by atoms with Crippen LogP contribution in [-0.2, 0) is 26.6 Å². The third-order valence-corrected chi connectivity index (χ3v) is 8.22. The Labute approximate surface area is 225 Å². The van der Waals surface area contributed by atoms with Gasteiger partial charge in [0, 0.05) is 25.2 Å². The molecular formula is C26H29ClN4O6S. The van der Waals surface area contributed by atoms with Crippen LogP contribution in [0.4, 0.5) is 5.69 Å². The van der Waals surface area contributed by atoms with E-state index in [1.807, 2.05) is 0 Å². The zero-order chi connectivity index (χ0) is 27.6. The summed E-state index contributed by atoms with van der Waals surface area (Å²) < 4.78 is 36.9. The van der Waals surface area contributed by atoms with Crippen molar-refractivity contribution in [3.63, 3.8) is 0 Å². The van der Waals surface area contributed by atoms with Crippen LogP contribution in [0.25, 0.3) is 5.69 Å². The molecule has 0 bridgehead atoms. The maximum atomic E-state index is 13.2. The lowest BCUT2D eigenvalue weighted by atomic mass is 9.99. The number of carbonyl (C=O) groups is 2. The fourth-order valence-electron chi connectivity index (χ4n) is 4.27. The summed E-state index contributed by atoms with van der Waals surface area (Å²) >= 11 is 6.13. The van der Waals surface area contributed by atoms with Crippen LogP contribution < -0.4 is 10.3 Å². The molecule has 4 rings (SSSR count). The number of hydrogen-bond donors (Lipinski definition) is 1. The topological polar surface area (TPSA) is 120 Å². The van der Waals surface area contributed by atoms with Gasteiger partial charge in [0.1, 0.15) is 5.69 Å². The molecule has 0 aliphatic carbocycles. The van der Waals surface area contributed by atoms with Gasteiger partial charge in [-0.05, 0) is 56.0 Å². The smallest absolute Gasteiger partial charge is 0.338 e. The van der Waals surface area contributed by atoms with Crippen LogP contribution in [0.5, 0.6) is 0 Å². The van der Waals surface area contributed by atoms with Crippen LogP contribution in [0.15, 0.2) is 58.2 Å². The van der Waals surface area contributed by atoms with E-state index >= 15 is 0 Å². The number of benzene rings is 2. The normalized spacial score (nSPS) is 14.4. The zero-order valence-electron chi connectivity index (χ0n) is 21.3. The number of ether oxygens (including phenoxy) is 1. The molecule has 2 heterocycles. The summed E-state index contributed by atoms with van der Waals surface area (Å²) in [4.78, 5) is 39.5. The molecule has 3 aromatic rings. The monoisotopic (exact) mass is 560 g/mol. The standard InChI is InChI=1S/C26H29ClN4O6S/c1-17-9-11-30(12-10-17)23(32)16-37-26(34)19-13-20(27)15-22(14-19)38(35,36)28-24-18(2)29(3)31(25(24)33)21-7-5-4-6-8-21/h4-8,13-15,17,28H,9-12,16H2,1-3H3. The molecule has 10 nitrogen and oxygen atoms in total. The number of nitrogens with one attached hydrogen (secondary N) is 1. The molecule has 0 unspecified atom stereocenters. The number of para-hydroxylation sites is 1. The Hall–Kier alpha value is -3.57. The Kier molecular flexibility index (Phi) is 7.98. The van der Waals surface area contributed by atoms with Crippen molar-refractivity contribution in [2.45, 2.75) is 31.6 Å². The van der Waals surface area contributed by atoms with Crippen LogP contribution >= 0.6 is 11.6 Å². The number of likely N-dealkylation sites (tertiary alicyclic amines) is 1. The van der Waals surface area contributed by atoms with Crippen LogP contribution in [0.3, 0.4) is 0 Å². The van der Waals surface area contributed by atoms with Gasteiger partial charge in [0.2, 0.25) is 0 Å². The maximum Gasteiger partial charge on any atom is 0.338 e. The average molecular weight is 561 g/mol. The number of amides is 1.